The van der Waals surface area contributed by atoms with E-state index < -0.39 is 0 Å². The molecule has 1 aliphatic carbocycles. The molecule has 5 heteroatoms. The number of unbranched alkanes of at least 4 members (excludes halogenated alkanes) is 3. The number of aliphatic hydroxyl groups excluding tert-OH is 2. The van der Waals surface area contributed by atoms with E-state index >= 15 is 0 Å². The van der Waals surface area contributed by atoms with E-state index in [1.165, 1.54) is 28.5 Å². The lowest BCUT2D eigenvalue weighted by molar-refractivity contribution is 0.145. The van der Waals surface area contributed by atoms with E-state index in [4.69, 9.17) is 4.74 Å². The van der Waals surface area contributed by atoms with Crippen molar-refractivity contribution in [1.82, 2.24) is 5.32 Å². The minimum absolute atomic E-state index is 0.0658. The fourth-order valence-electron chi connectivity index (χ4n) is 4.08. The topological polar surface area (TPSA) is 61.7 Å². The number of hydrogen-bond acceptors (Lipinski definition) is 5. The highest BCUT2D eigenvalue weighted by Crippen LogP contribution is 2.30. The molecule has 0 fully saturated rings. The number of rotatable bonds is 15. The predicted molar refractivity (Wildman–Crippen MR) is 135 cm³/mol. The van der Waals surface area contributed by atoms with Crippen LogP contribution in [0.1, 0.15) is 32.1 Å². The number of fused-ring (bicyclic) bond motifs is 1. The highest BCUT2D eigenvalue weighted by Gasteiger charge is 2.28. The first-order valence-corrected chi connectivity index (χ1v) is 12.7. The third-order valence-electron chi connectivity index (χ3n) is 5.97. The molecule has 32 heavy (non-hydrogen) atoms. The van der Waals surface area contributed by atoms with Gasteiger partial charge in [-0.25, -0.2) is 0 Å². The van der Waals surface area contributed by atoms with Crippen LogP contribution in [-0.2, 0) is 4.74 Å². The predicted octanol–water partition coefficient (Wildman–Crippen LogP) is 4.96. The van der Waals surface area contributed by atoms with E-state index in [-0.39, 0.29) is 18.6 Å². The van der Waals surface area contributed by atoms with Gasteiger partial charge in [0, 0.05) is 29.2 Å². The smallest absolute Gasteiger partial charge is 0.0645 e. The number of benzene rings is 2. The van der Waals surface area contributed by atoms with Crippen LogP contribution in [0.15, 0.2) is 71.2 Å². The average Bonchev–Trinajstić information content (AvgIpc) is 2.84. The molecule has 0 amide bonds. The van der Waals surface area contributed by atoms with E-state index in [9.17, 15) is 10.2 Å². The third kappa shape index (κ3) is 8.05. The molecule has 0 radical (unpaired) electrons. The van der Waals surface area contributed by atoms with Crippen LogP contribution < -0.4 is 5.32 Å². The number of nitrogens with one attached hydrogen (secondary N) is 1. The summed E-state index contributed by atoms with van der Waals surface area (Å²) in [6.07, 6.45) is 11.3. The van der Waals surface area contributed by atoms with Crippen LogP contribution in [0.5, 0.6) is 0 Å². The summed E-state index contributed by atoms with van der Waals surface area (Å²) in [7, 11) is 0. The van der Waals surface area contributed by atoms with Crippen molar-refractivity contribution in [1.29, 1.82) is 0 Å². The standard InChI is InChI=1S/C27H37NO3S/c29-20-23-8-7-13-27(19-23,22-30)21-28-14-5-1-2-6-15-31-16-17-32-26-12-11-24-9-3-4-10-25(24)18-26/h3-4,7-13,18,28-30H,1-2,5-6,14-17,19-22H2. The maximum atomic E-state index is 9.81. The van der Waals surface area contributed by atoms with Gasteiger partial charge in [-0.05, 0) is 54.3 Å². The normalized spacial score (nSPS) is 18.2. The molecule has 174 valence electrons. The Hall–Kier alpha value is -1.63. The Morgan fingerprint density at radius 1 is 0.969 bits per heavy atom. The van der Waals surface area contributed by atoms with E-state index in [0.717, 1.165) is 56.9 Å². The molecule has 1 unspecified atom stereocenters. The largest absolute Gasteiger partial charge is 0.395 e. The summed E-state index contributed by atoms with van der Waals surface area (Å²) in [6.45, 7) is 3.49. The summed E-state index contributed by atoms with van der Waals surface area (Å²) in [5, 5.41) is 25.2. The second kappa shape index (κ2) is 13.8. The first kappa shape index (κ1) is 25.0. The Labute approximate surface area is 196 Å². The molecule has 0 spiro atoms. The molecular weight excluding hydrogens is 418 g/mol. The molecule has 3 N–H and O–H groups in total. The number of ether oxygens (including phenoxy) is 1. The fourth-order valence-corrected chi connectivity index (χ4v) is 4.89. The van der Waals surface area contributed by atoms with Gasteiger partial charge in [-0.1, -0.05) is 61.4 Å². The monoisotopic (exact) mass is 455 g/mol. The lowest BCUT2D eigenvalue weighted by Gasteiger charge is -2.32. The summed E-state index contributed by atoms with van der Waals surface area (Å²) >= 11 is 1.85. The Morgan fingerprint density at radius 3 is 2.66 bits per heavy atom. The summed E-state index contributed by atoms with van der Waals surface area (Å²) in [4.78, 5) is 1.30. The minimum Gasteiger partial charge on any atom is -0.395 e. The first-order valence-electron chi connectivity index (χ1n) is 11.7. The van der Waals surface area contributed by atoms with Gasteiger partial charge in [-0.15, -0.1) is 11.8 Å². The lowest BCUT2D eigenvalue weighted by atomic mass is 9.79. The molecule has 0 aromatic heterocycles. The highest BCUT2D eigenvalue weighted by atomic mass is 32.2. The second-order valence-corrected chi connectivity index (χ2v) is 9.77. The molecule has 0 saturated carbocycles. The van der Waals surface area contributed by atoms with Crippen LogP contribution in [0.25, 0.3) is 10.8 Å². The van der Waals surface area contributed by atoms with Crippen LogP contribution in [0, 0.1) is 5.41 Å². The Balaban J connectivity index is 1.16. The molecule has 0 bridgehead atoms. The van der Waals surface area contributed by atoms with E-state index in [1.807, 2.05) is 23.9 Å². The quantitative estimate of drug-likeness (QED) is 0.262. The van der Waals surface area contributed by atoms with Gasteiger partial charge in [0.1, 0.15) is 0 Å². The Morgan fingerprint density at radius 2 is 1.81 bits per heavy atom. The van der Waals surface area contributed by atoms with Crippen LogP contribution in [-0.4, -0.2) is 55.5 Å². The van der Waals surface area contributed by atoms with E-state index in [2.05, 4.69) is 53.9 Å². The summed E-state index contributed by atoms with van der Waals surface area (Å²) in [5.41, 5.74) is 0.713. The molecule has 0 heterocycles. The molecule has 1 atom stereocenters. The number of allylic oxidation sites excluding steroid dienone is 2. The maximum absolute atomic E-state index is 9.81. The van der Waals surface area contributed by atoms with E-state index in [1.54, 1.807) is 0 Å². The van der Waals surface area contributed by atoms with Gasteiger partial charge >= 0.3 is 0 Å². The number of thioether (sulfide) groups is 1. The Bertz CT molecular complexity index is 882. The second-order valence-electron chi connectivity index (χ2n) is 8.60. The molecule has 0 saturated heterocycles. The molecule has 2 aromatic carbocycles. The lowest BCUT2D eigenvalue weighted by Crippen LogP contribution is -2.37. The molecular formula is C27H37NO3S. The molecule has 4 nitrogen and oxygen atoms in total. The summed E-state index contributed by atoms with van der Waals surface area (Å²) in [6, 6.07) is 15.1. The van der Waals surface area contributed by atoms with Crippen LogP contribution in [0.4, 0.5) is 0 Å². The van der Waals surface area contributed by atoms with Gasteiger partial charge in [-0.2, -0.15) is 0 Å². The number of aliphatic hydroxyl groups is 2. The van der Waals surface area contributed by atoms with Crippen LogP contribution >= 0.6 is 11.8 Å². The van der Waals surface area contributed by atoms with Crippen molar-refractivity contribution in [2.45, 2.75) is 37.0 Å². The fraction of sp³-hybridized carbons (Fsp3) is 0.481. The van der Waals surface area contributed by atoms with Crippen molar-refractivity contribution in [2.75, 3.05) is 45.3 Å². The van der Waals surface area contributed by atoms with Gasteiger partial charge in [0.05, 0.1) is 19.8 Å². The van der Waals surface area contributed by atoms with Crippen LogP contribution in [0.2, 0.25) is 0 Å². The Kier molecular flexibility index (Phi) is 10.8. The third-order valence-corrected chi connectivity index (χ3v) is 6.92. The molecule has 3 rings (SSSR count). The van der Waals surface area contributed by atoms with Gasteiger partial charge in [-0.3, -0.25) is 0 Å². The van der Waals surface area contributed by atoms with Gasteiger partial charge in [0.15, 0.2) is 0 Å². The van der Waals surface area contributed by atoms with Crippen molar-refractivity contribution in [3.05, 3.63) is 66.3 Å². The van der Waals surface area contributed by atoms with Crippen molar-refractivity contribution in [3.63, 3.8) is 0 Å². The van der Waals surface area contributed by atoms with Crippen molar-refractivity contribution in [3.8, 4) is 0 Å². The highest BCUT2D eigenvalue weighted by molar-refractivity contribution is 7.99. The summed E-state index contributed by atoms with van der Waals surface area (Å²) < 4.78 is 5.80. The van der Waals surface area contributed by atoms with Gasteiger partial charge in [0.2, 0.25) is 0 Å². The molecule has 1 aliphatic rings. The zero-order valence-corrected chi connectivity index (χ0v) is 19.8. The SMILES string of the molecule is OCC1=CC=CC(CO)(CNCCCCCCOCCSc2ccc3ccccc3c2)C1. The van der Waals surface area contributed by atoms with Gasteiger partial charge < -0.3 is 20.3 Å². The van der Waals surface area contributed by atoms with Crippen molar-refractivity contribution in [2.24, 2.45) is 5.41 Å². The van der Waals surface area contributed by atoms with Gasteiger partial charge in [0.25, 0.3) is 0 Å². The molecule has 2 aromatic rings. The van der Waals surface area contributed by atoms with Crippen LogP contribution in [0.3, 0.4) is 0 Å². The zero-order valence-electron chi connectivity index (χ0n) is 19.0. The van der Waals surface area contributed by atoms with Crippen molar-refractivity contribution >= 4 is 22.5 Å². The number of hydrogen-bond donors (Lipinski definition) is 3. The zero-order chi connectivity index (χ0) is 22.5. The molecule has 0 aliphatic heterocycles. The summed E-state index contributed by atoms with van der Waals surface area (Å²) in [5.74, 6) is 0.983. The minimum atomic E-state index is -0.272. The first-order chi connectivity index (χ1) is 15.7. The van der Waals surface area contributed by atoms with Crippen molar-refractivity contribution < 1.29 is 14.9 Å². The van der Waals surface area contributed by atoms with E-state index in [0.29, 0.717) is 0 Å². The average molecular weight is 456 g/mol. The maximum Gasteiger partial charge on any atom is 0.0645 e.